The lowest BCUT2D eigenvalue weighted by Gasteiger charge is -2.46. The Bertz CT molecular complexity index is 1630. The van der Waals surface area contributed by atoms with E-state index in [4.69, 9.17) is 30.8 Å². The standard InChI is InChI=1S/C30H38ClN5O8S/c1-27(2,3)43-25(38)36(26(39)44-28(4,5)6)24-29(7,8)45(40,41)21-12-13-42-20-11-10-17(14-18(20)30(21,9)35-24)34-23(37)19-15-33-22(31)16-32-19/h10-11,14-16,21H,12-13H2,1-9H3,(H,34,37)/t21-,30-/m1/s1. The number of amidine groups is 1. The number of nitrogens with zero attached hydrogens (tertiary/aromatic N) is 4. The molecular formula is C30H38ClN5O8S. The van der Waals surface area contributed by atoms with Crippen molar-refractivity contribution >= 4 is 51.1 Å². The van der Waals surface area contributed by atoms with E-state index in [0.717, 1.165) is 0 Å². The van der Waals surface area contributed by atoms with Crippen molar-refractivity contribution < 1.29 is 37.0 Å². The minimum absolute atomic E-state index is 0.00217. The van der Waals surface area contributed by atoms with E-state index < -0.39 is 54.7 Å². The third-order valence-corrected chi connectivity index (χ3v) is 10.5. The fraction of sp³-hybridized carbons (Fsp3) is 0.533. The number of carbonyl (C=O) groups excluding carboxylic acids is 3. The summed E-state index contributed by atoms with van der Waals surface area (Å²) in [6, 6.07) is 4.73. The molecule has 2 aliphatic heterocycles. The first-order valence-corrected chi connectivity index (χ1v) is 16.2. The predicted octanol–water partition coefficient (Wildman–Crippen LogP) is 5.53. The smallest absolute Gasteiger partial charge is 0.425 e. The summed E-state index contributed by atoms with van der Waals surface area (Å²) in [5, 5.41) is 1.72. The van der Waals surface area contributed by atoms with E-state index in [0.29, 0.717) is 16.2 Å². The van der Waals surface area contributed by atoms with E-state index in [9.17, 15) is 22.8 Å². The van der Waals surface area contributed by atoms with Crippen molar-refractivity contribution in [3.8, 4) is 5.75 Å². The number of benzene rings is 1. The van der Waals surface area contributed by atoms with Gasteiger partial charge < -0.3 is 19.5 Å². The summed E-state index contributed by atoms with van der Waals surface area (Å²) in [5.41, 5.74) is -3.05. The molecule has 0 aliphatic carbocycles. The van der Waals surface area contributed by atoms with E-state index >= 15 is 0 Å². The molecule has 0 bridgehead atoms. The Morgan fingerprint density at radius 2 is 1.60 bits per heavy atom. The van der Waals surface area contributed by atoms with E-state index in [1.807, 2.05) is 0 Å². The molecule has 3 amide bonds. The lowest BCUT2D eigenvalue weighted by Crippen LogP contribution is -2.64. The highest BCUT2D eigenvalue weighted by molar-refractivity contribution is 7.94. The molecule has 15 heteroatoms. The Balaban J connectivity index is 1.91. The molecule has 1 N–H and O–H groups in total. The SMILES string of the molecule is CC(C)(C)OC(=O)N(C(=O)OC(C)(C)C)C1=N[C@]2(C)c3cc(NC(=O)c4cnc(Cl)cn4)ccc3OCC[C@H]2S(=O)(=O)C1(C)C. The van der Waals surface area contributed by atoms with Crippen molar-refractivity contribution in [1.29, 1.82) is 0 Å². The maximum Gasteiger partial charge on any atom is 0.425 e. The molecule has 1 aromatic carbocycles. The molecule has 3 heterocycles. The van der Waals surface area contributed by atoms with Crippen LogP contribution in [0.2, 0.25) is 5.15 Å². The maximum absolute atomic E-state index is 14.5. The van der Waals surface area contributed by atoms with E-state index in [1.165, 1.54) is 26.2 Å². The summed E-state index contributed by atoms with van der Waals surface area (Å²) in [6.07, 6.45) is 0.232. The van der Waals surface area contributed by atoms with Crippen LogP contribution in [-0.2, 0) is 24.8 Å². The maximum atomic E-state index is 14.5. The van der Waals surface area contributed by atoms with Gasteiger partial charge in [-0.25, -0.2) is 28.0 Å². The Labute approximate surface area is 267 Å². The van der Waals surface area contributed by atoms with Crippen LogP contribution in [0.1, 0.15) is 84.8 Å². The minimum Gasteiger partial charge on any atom is -0.493 e. The molecule has 0 radical (unpaired) electrons. The first-order chi connectivity index (χ1) is 20.6. The Morgan fingerprint density at radius 1 is 1.00 bits per heavy atom. The average molecular weight is 664 g/mol. The molecular weight excluding hydrogens is 626 g/mol. The number of nitrogens with one attached hydrogen (secondary N) is 1. The number of hydrogen-bond acceptors (Lipinski definition) is 11. The molecule has 0 saturated heterocycles. The topological polar surface area (TPSA) is 166 Å². The van der Waals surface area contributed by atoms with Crippen LogP contribution in [0.25, 0.3) is 0 Å². The number of hydrogen-bond donors (Lipinski definition) is 1. The molecule has 0 unspecified atom stereocenters. The van der Waals surface area contributed by atoms with Gasteiger partial charge in [0.05, 0.1) is 24.3 Å². The highest BCUT2D eigenvalue weighted by Gasteiger charge is 2.61. The van der Waals surface area contributed by atoms with Crippen molar-refractivity contribution in [2.75, 3.05) is 11.9 Å². The van der Waals surface area contributed by atoms with Gasteiger partial charge in [-0.15, -0.1) is 0 Å². The molecule has 1 aromatic heterocycles. The fourth-order valence-corrected chi connectivity index (χ4v) is 7.48. The molecule has 2 aromatic rings. The van der Waals surface area contributed by atoms with Gasteiger partial charge in [0, 0.05) is 17.7 Å². The zero-order chi connectivity index (χ0) is 33.8. The van der Waals surface area contributed by atoms with Crippen LogP contribution in [0, 0.1) is 0 Å². The van der Waals surface area contributed by atoms with Gasteiger partial charge >= 0.3 is 12.2 Å². The van der Waals surface area contributed by atoms with Crippen LogP contribution in [0.3, 0.4) is 0 Å². The number of carbonyl (C=O) groups is 3. The van der Waals surface area contributed by atoms with Gasteiger partial charge in [0.15, 0.2) is 9.84 Å². The summed E-state index contributed by atoms with van der Waals surface area (Å²) < 4.78 is 44.2. The molecule has 13 nitrogen and oxygen atoms in total. The van der Waals surface area contributed by atoms with E-state index in [2.05, 4.69) is 15.3 Å². The highest BCUT2D eigenvalue weighted by Crippen LogP contribution is 2.49. The zero-order valence-electron chi connectivity index (χ0n) is 26.7. The summed E-state index contributed by atoms with van der Waals surface area (Å²) in [5.74, 6) is -0.634. The molecule has 244 valence electrons. The number of ether oxygens (including phenoxy) is 3. The van der Waals surface area contributed by atoms with Gasteiger partial charge in [-0.1, -0.05) is 11.6 Å². The Morgan fingerprint density at radius 3 is 2.13 bits per heavy atom. The number of amides is 3. The van der Waals surface area contributed by atoms with Crippen LogP contribution >= 0.6 is 11.6 Å². The van der Waals surface area contributed by atoms with Crippen LogP contribution < -0.4 is 10.1 Å². The van der Waals surface area contributed by atoms with Gasteiger partial charge in [0.25, 0.3) is 5.91 Å². The lowest BCUT2D eigenvalue weighted by molar-refractivity contribution is 0.0138. The van der Waals surface area contributed by atoms with Crippen molar-refractivity contribution in [2.24, 2.45) is 4.99 Å². The van der Waals surface area contributed by atoms with Crippen LogP contribution in [0.5, 0.6) is 5.75 Å². The molecule has 2 aliphatic rings. The zero-order valence-corrected chi connectivity index (χ0v) is 28.3. The monoisotopic (exact) mass is 663 g/mol. The molecule has 45 heavy (non-hydrogen) atoms. The van der Waals surface area contributed by atoms with E-state index in [1.54, 1.807) is 66.7 Å². The molecule has 4 rings (SSSR count). The van der Waals surface area contributed by atoms with Gasteiger partial charge in [-0.2, -0.15) is 4.90 Å². The first kappa shape index (κ1) is 34.1. The number of fused-ring (bicyclic) bond motifs is 3. The van der Waals surface area contributed by atoms with Gasteiger partial charge in [-0.3, -0.25) is 9.79 Å². The normalized spacial score (nSPS) is 21.9. The molecule has 0 spiro atoms. The number of anilines is 1. The largest absolute Gasteiger partial charge is 0.493 e. The molecule has 2 atom stereocenters. The highest BCUT2D eigenvalue weighted by atomic mass is 35.5. The molecule has 0 saturated carbocycles. The van der Waals surface area contributed by atoms with Crippen molar-refractivity contribution in [1.82, 2.24) is 14.9 Å². The second-order valence-electron chi connectivity index (χ2n) is 13.4. The first-order valence-electron chi connectivity index (χ1n) is 14.2. The summed E-state index contributed by atoms with van der Waals surface area (Å²) in [7, 11) is -4.20. The fourth-order valence-electron chi connectivity index (χ4n) is 5.09. The lowest BCUT2D eigenvalue weighted by atomic mass is 9.86. The third-order valence-electron chi connectivity index (χ3n) is 7.23. The number of rotatable bonds is 2. The predicted molar refractivity (Wildman–Crippen MR) is 167 cm³/mol. The average Bonchev–Trinajstić information content (AvgIpc) is 3.02. The quantitative estimate of drug-likeness (QED) is 0.432. The van der Waals surface area contributed by atoms with Crippen LogP contribution in [0.4, 0.5) is 15.3 Å². The number of aromatic nitrogens is 2. The summed E-state index contributed by atoms with van der Waals surface area (Å²) >= 11 is 5.79. The van der Waals surface area contributed by atoms with Crippen molar-refractivity contribution in [3.05, 3.63) is 47.0 Å². The number of aliphatic imine (C=N–C) groups is 1. The van der Waals surface area contributed by atoms with Gasteiger partial charge in [0.2, 0.25) is 0 Å². The Kier molecular flexibility index (Phi) is 8.74. The minimum atomic E-state index is -4.20. The van der Waals surface area contributed by atoms with Crippen LogP contribution in [-0.4, -0.2) is 75.0 Å². The van der Waals surface area contributed by atoms with Gasteiger partial charge in [-0.05, 0) is 80.5 Å². The van der Waals surface area contributed by atoms with Crippen LogP contribution in [0.15, 0.2) is 35.6 Å². The summed E-state index contributed by atoms with van der Waals surface area (Å²) in [6.45, 7) is 14.1. The van der Waals surface area contributed by atoms with Gasteiger partial charge in [0.1, 0.15) is 43.9 Å². The number of imide groups is 1. The second-order valence-corrected chi connectivity index (χ2v) is 16.5. The molecule has 0 fully saturated rings. The van der Waals surface area contributed by atoms with Crippen molar-refractivity contribution in [2.45, 2.75) is 95.5 Å². The second kappa shape index (κ2) is 11.5. The van der Waals surface area contributed by atoms with Crippen molar-refractivity contribution in [3.63, 3.8) is 0 Å². The third kappa shape index (κ3) is 6.76. The number of sulfone groups is 1. The van der Waals surface area contributed by atoms with E-state index in [-0.39, 0.29) is 35.4 Å². The summed E-state index contributed by atoms with van der Waals surface area (Å²) in [4.78, 5) is 53.5. The number of halogens is 1. The Hall–Kier alpha value is -3.78.